The number of amides is 1. The molecule has 1 amide bonds. The Hall–Kier alpha value is -4.33. The zero-order chi connectivity index (χ0) is 22.4. The Morgan fingerprint density at radius 3 is 2.52 bits per heavy atom. The molecule has 0 aromatic carbocycles. The largest absolute Gasteiger partial charge is 0.322 e. The van der Waals surface area contributed by atoms with Gasteiger partial charge in [0.15, 0.2) is 11.6 Å². The summed E-state index contributed by atoms with van der Waals surface area (Å²) in [6.07, 6.45) is 5.91. The molecule has 11 nitrogen and oxygen atoms in total. The first-order valence-corrected chi connectivity index (χ1v) is 9.35. The van der Waals surface area contributed by atoms with Gasteiger partial charge in [0.25, 0.3) is 11.9 Å². The van der Waals surface area contributed by atoms with E-state index < -0.39 is 17.7 Å². The molecule has 0 saturated heterocycles. The van der Waals surface area contributed by atoms with Crippen molar-refractivity contribution in [1.82, 2.24) is 24.7 Å². The van der Waals surface area contributed by atoms with Gasteiger partial charge in [-0.1, -0.05) is 13.8 Å². The third kappa shape index (κ3) is 4.81. The Morgan fingerprint density at radius 2 is 1.87 bits per heavy atom. The molecule has 31 heavy (non-hydrogen) atoms. The molecule has 0 aliphatic carbocycles. The lowest BCUT2D eigenvalue weighted by atomic mass is 10.1. The second kappa shape index (κ2) is 9.45. The molecule has 0 aliphatic rings. The van der Waals surface area contributed by atoms with Crippen molar-refractivity contribution in [2.24, 2.45) is 10.2 Å². The van der Waals surface area contributed by atoms with E-state index in [2.05, 4.69) is 35.6 Å². The number of pyridine rings is 1. The maximum atomic E-state index is 12.8. The summed E-state index contributed by atoms with van der Waals surface area (Å²) in [6.45, 7) is 5.12. The van der Waals surface area contributed by atoms with E-state index in [0.29, 0.717) is 11.4 Å². The number of rotatable bonds is 7. The molecule has 0 aliphatic heterocycles. The van der Waals surface area contributed by atoms with E-state index in [9.17, 15) is 14.9 Å². The van der Waals surface area contributed by atoms with Crippen LogP contribution in [0.5, 0.6) is 0 Å². The predicted octanol–water partition coefficient (Wildman–Crippen LogP) is 2.73. The van der Waals surface area contributed by atoms with Gasteiger partial charge in [-0.05, 0) is 31.0 Å². The summed E-state index contributed by atoms with van der Waals surface area (Å²) in [5.41, 5.74) is 1.26. The van der Waals surface area contributed by atoms with Crippen LogP contribution in [0.4, 0.5) is 11.5 Å². The molecule has 0 spiro atoms. The monoisotopic (exact) mass is 417 g/mol. The number of ketones is 1. The third-order valence-corrected chi connectivity index (χ3v) is 4.15. The number of nitrogens with zero attached hydrogens (tertiary/aromatic N) is 8. The van der Waals surface area contributed by atoms with Crippen LogP contribution in [0.3, 0.4) is 0 Å². The number of nitrogens with one attached hydrogen (secondary N) is 1. The maximum Gasteiger partial charge on any atom is 0.258 e. The van der Waals surface area contributed by atoms with Crippen molar-refractivity contribution in [2.75, 3.05) is 5.32 Å². The van der Waals surface area contributed by atoms with Crippen molar-refractivity contribution in [3.63, 3.8) is 0 Å². The van der Waals surface area contributed by atoms with E-state index in [1.807, 2.05) is 19.9 Å². The van der Waals surface area contributed by atoms with E-state index in [1.165, 1.54) is 30.2 Å². The molecule has 3 heterocycles. The Labute approximate surface area is 177 Å². The van der Waals surface area contributed by atoms with Crippen LogP contribution in [0, 0.1) is 11.3 Å². The van der Waals surface area contributed by atoms with E-state index in [-0.39, 0.29) is 23.2 Å². The van der Waals surface area contributed by atoms with Gasteiger partial charge in [0.2, 0.25) is 6.04 Å². The third-order valence-electron chi connectivity index (χ3n) is 4.15. The van der Waals surface area contributed by atoms with Crippen LogP contribution >= 0.6 is 0 Å². The van der Waals surface area contributed by atoms with Crippen LogP contribution < -0.4 is 5.32 Å². The maximum absolute atomic E-state index is 12.8. The van der Waals surface area contributed by atoms with E-state index in [0.717, 1.165) is 0 Å². The number of aromatic nitrogens is 5. The lowest BCUT2D eigenvalue weighted by molar-refractivity contribution is -0.126. The highest BCUT2D eigenvalue weighted by Gasteiger charge is 2.25. The van der Waals surface area contributed by atoms with Gasteiger partial charge < -0.3 is 5.32 Å². The van der Waals surface area contributed by atoms with Gasteiger partial charge in [-0.25, -0.2) is 9.97 Å². The molecule has 1 unspecified atom stereocenters. The molecule has 0 fully saturated rings. The minimum atomic E-state index is -1.42. The van der Waals surface area contributed by atoms with Gasteiger partial charge in [0.1, 0.15) is 11.6 Å². The summed E-state index contributed by atoms with van der Waals surface area (Å²) < 4.78 is 1.20. The number of hydrogen-bond donors (Lipinski definition) is 1. The van der Waals surface area contributed by atoms with Crippen LogP contribution in [-0.2, 0) is 9.59 Å². The van der Waals surface area contributed by atoms with Gasteiger partial charge in [-0.3, -0.25) is 14.6 Å². The molecule has 11 heteroatoms. The Bertz CT molecular complexity index is 1160. The fourth-order valence-corrected chi connectivity index (χ4v) is 2.68. The van der Waals surface area contributed by atoms with Crippen molar-refractivity contribution in [3.05, 3.63) is 54.2 Å². The first-order chi connectivity index (χ1) is 14.9. The normalized spacial score (nSPS) is 12.0. The zero-order valence-corrected chi connectivity index (χ0v) is 17.1. The predicted molar refractivity (Wildman–Crippen MR) is 110 cm³/mol. The Kier molecular flexibility index (Phi) is 6.51. The smallest absolute Gasteiger partial charge is 0.258 e. The molecule has 3 aromatic heterocycles. The molecule has 0 radical (unpaired) electrons. The lowest BCUT2D eigenvalue weighted by Gasteiger charge is -2.14. The minimum absolute atomic E-state index is 0.0111. The minimum Gasteiger partial charge on any atom is -0.322 e. The van der Waals surface area contributed by atoms with Crippen molar-refractivity contribution >= 4 is 23.2 Å². The van der Waals surface area contributed by atoms with E-state index >= 15 is 0 Å². The van der Waals surface area contributed by atoms with Crippen LogP contribution in [0.1, 0.15) is 37.9 Å². The highest BCUT2D eigenvalue weighted by Crippen LogP contribution is 2.23. The van der Waals surface area contributed by atoms with Crippen LogP contribution in [-0.4, -0.2) is 42.5 Å². The summed E-state index contributed by atoms with van der Waals surface area (Å²) in [7, 11) is 0. The van der Waals surface area contributed by atoms with Crippen LogP contribution in [0.25, 0.3) is 5.95 Å². The number of carbonyl (C=O) groups is 2. The zero-order valence-electron chi connectivity index (χ0n) is 17.1. The molecule has 0 saturated carbocycles. The molecule has 1 atom stereocenters. The second-order valence-corrected chi connectivity index (χ2v) is 6.76. The van der Waals surface area contributed by atoms with Gasteiger partial charge >= 0.3 is 0 Å². The Morgan fingerprint density at radius 1 is 1.16 bits per heavy atom. The quantitative estimate of drug-likeness (QED) is 0.458. The first-order valence-electron chi connectivity index (χ1n) is 9.35. The Balaban J connectivity index is 1.91. The van der Waals surface area contributed by atoms with Gasteiger partial charge in [-0.2, -0.15) is 20.2 Å². The van der Waals surface area contributed by atoms with E-state index in [1.54, 1.807) is 24.4 Å². The average molecular weight is 417 g/mol. The van der Waals surface area contributed by atoms with Crippen molar-refractivity contribution in [1.29, 1.82) is 5.26 Å². The second-order valence-electron chi connectivity index (χ2n) is 6.76. The van der Waals surface area contributed by atoms with Crippen LogP contribution in [0.2, 0.25) is 0 Å². The summed E-state index contributed by atoms with van der Waals surface area (Å²) in [4.78, 5) is 37.3. The van der Waals surface area contributed by atoms with E-state index in [4.69, 9.17) is 0 Å². The average Bonchev–Trinajstić information content (AvgIpc) is 3.17. The SMILES string of the molecule is CC(=O)C(N=Nc1c(C#N)cnn1-c1ncccn1)C(=O)Nc1cccnc1C(C)C. The summed E-state index contributed by atoms with van der Waals surface area (Å²) >= 11 is 0. The molecular weight excluding hydrogens is 398 g/mol. The first kappa shape index (κ1) is 21.4. The van der Waals surface area contributed by atoms with Gasteiger partial charge in [-0.15, -0.1) is 5.11 Å². The fourth-order valence-electron chi connectivity index (χ4n) is 2.68. The number of azo groups is 1. The van der Waals surface area contributed by atoms with Crippen molar-refractivity contribution in [3.8, 4) is 12.0 Å². The number of hydrogen-bond acceptors (Lipinski definition) is 9. The molecule has 0 bridgehead atoms. The van der Waals surface area contributed by atoms with Crippen LogP contribution in [0.15, 0.2) is 53.2 Å². The standard InChI is InChI=1S/C20H19N9O2/c1-12(2)16-15(6-4-7-22-16)26-19(31)17(13(3)30)27-28-18-14(10-21)11-25-29(18)20-23-8-5-9-24-20/h4-9,11-12,17H,1-3H3,(H,26,31). The molecule has 1 N–H and O–H groups in total. The van der Waals surface area contributed by atoms with Crippen molar-refractivity contribution < 1.29 is 9.59 Å². The molecule has 3 aromatic rings. The fraction of sp³-hybridized carbons (Fsp3) is 0.250. The van der Waals surface area contributed by atoms with Gasteiger partial charge in [0.05, 0.1) is 17.6 Å². The lowest BCUT2D eigenvalue weighted by Crippen LogP contribution is -2.32. The number of nitriles is 1. The van der Waals surface area contributed by atoms with Gasteiger partial charge in [0, 0.05) is 18.6 Å². The summed E-state index contributed by atoms with van der Waals surface area (Å²) in [5.74, 6) is -0.938. The summed E-state index contributed by atoms with van der Waals surface area (Å²) in [5, 5.41) is 24.0. The number of anilines is 1. The molecule has 156 valence electrons. The highest BCUT2D eigenvalue weighted by molar-refractivity contribution is 6.10. The molecule has 3 rings (SSSR count). The molecular formula is C20H19N9O2. The topological polar surface area (TPSA) is 151 Å². The number of carbonyl (C=O) groups excluding carboxylic acids is 2. The highest BCUT2D eigenvalue weighted by atomic mass is 16.2. The number of Topliss-reactive ketones (excluding diaryl/α,β-unsaturated/α-hetero) is 1. The van der Waals surface area contributed by atoms with Crippen molar-refractivity contribution in [2.45, 2.75) is 32.7 Å². The summed E-state index contributed by atoms with van der Waals surface area (Å²) in [6, 6.07) is 5.52.